The average Bonchev–Trinajstić information content (AvgIpc) is 3.09. The van der Waals surface area contributed by atoms with E-state index in [9.17, 15) is 9.90 Å². The van der Waals surface area contributed by atoms with Gasteiger partial charge in [0.05, 0.1) is 0 Å². The van der Waals surface area contributed by atoms with Crippen LogP contribution >= 0.6 is 0 Å². The Bertz CT molecular complexity index is 1210. The number of rotatable bonds is 16. The van der Waals surface area contributed by atoms with Crippen molar-refractivity contribution in [3.8, 4) is 0 Å². The molecule has 0 amide bonds. The van der Waals surface area contributed by atoms with Crippen LogP contribution < -0.4 is 5.73 Å². The van der Waals surface area contributed by atoms with Gasteiger partial charge < -0.3 is 10.8 Å². The molecule has 0 saturated heterocycles. The van der Waals surface area contributed by atoms with Crippen molar-refractivity contribution in [1.82, 2.24) is 0 Å². The molecule has 2 aromatic rings. The molecule has 3 N–H and O–H groups in total. The molecule has 0 aromatic heterocycles. The highest BCUT2D eigenvalue weighted by atomic mass is 16.4. The maximum atomic E-state index is 12.5. The second-order valence-electron chi connectivity index (χ2n) is 15.1. The van der Waals surface area contributed by atoms with Crippen LogP contribution in [0, 0.1) is 35.5 Å². The van der Waals surface area contributed by atoms with Crippen molar-refractivity contribution >= 4 is 5.97 Å². The van der Waals surface area contributed by atoms with E-state index < -0.39 is 5.97 Å². The molecule has 0 bridgehead atoms. The van der Waals surface area contributed by atoms with E-state index >= 15 is 0 Å². The molecule has 0 heterocycles. The van der Waals surface area contributed by atoms with Gasteiger partial charge in [-0.3, -0.25) is 4.79 Å². The summed E-state index contributed by atoms with van der Waals surface area (Å²) in [6.45, 7) is 0.617. The van der Waals surface area contributed by atoms with Gasteiger partial charge in [-0.15, -0.1) is 0 Å². The summed E-state index contributed by atoms with van der Waals surface area (Å²) in [6.07, 6.45) is 31.3. The lowest BCUT2D eigenvalue weighted by Crippen LogP contribution is -2.46. The SMILES string of the molecule is NCCC1C(CC(CC=CCCC2CCCCC2)CCc2ccccc2)C=CC(C2(c3ccccc3)CCCCC2)C1CC(=O)O. The number of nitrogens with two attached hydrogens (primary N) is 1. The van der Waals surface area contributed by atoms with E-state index in [1.165, 1.54) is 75.3 Å². The van der Waals surface area contributed by atoms with E-state index in [4.69, 9.17) is 5.73 Å². The summed E-state index contributed by atoms with van der Waals surface area (Å²) < 4.78 is 0. The molecule has 3 nitrogen and oxygen atoms in total. The Morgan fingerprint density at radius 1 is 0.848 bits per heavy atom. The second kappa shape index (κ2) is 18.0. The summed E-state index contributed by atoms with van der Waals surface area (Å²) in [4.78, 5) is 12.5. The number of carbonyl (C=O) groups is 1. The van der Waals surface area contributed by atoms with Crippen molar-refractivity contribution in [3.05, 3.63) is 96.1 Å². The largest absolute Gasteiger partial charge is 0.481 e. The minimum atomic E-state index is -0.661. The summed E-state index contributed by atoms with van der Waals surface area (Å²) in [5.74, 6) is 1.86. The lowest BCUT2D eigenvalue weighted by molar-refractivity contribution is -0.139. The highest BCUT2D eigenvalue weighted by Gasteiger charge is 2.48. The standard InChI is InChI=1S/C43H61NO2/c44-31-28-39-37(26-27-41(40(39)33-42(45)46)43(29-14-5-15-30-43)38-22-12-4-13-23-38)32-36(25-24-35-19-9-2-10-20-35)21-11-3-8-18-34-16-6-1-7-17-34/h2-4,9-13,19-20,22-23,26-27,34,36-37,39-41H,1,5-8,14-18,21,24-25,28-33,44H2,(H,45,46). The molecule has 0 aliphatic heterocycles. The summed E-state index contributed by atoms with van der Waals surface area (Å²) in [7, 11) is 0. The van der Waals surface area contributed by atoms with Gasteiger partial charge in [-0.05, 0) is 111 Å². The van der Waals surface area contributed by atoms with E-state index in [0.717, 1.165) is 50.9 Å². The molecule has 250 valence electrons. The van der Waals surface area contributed by atoms with Crippen molar-refractivity contribution in [2.75, 3.05) is 6.54 Å². The van der Waals surface area contributed by atoms with Crippen molar-refractivity contribution < 1.29 is 9.90 Å². The normalized spacial score (nSPS) is 25.8. The maximum absolute atomic E-state index is 12.5. The van der Waals surface area contributed by atoms with Crippen LogP contribution in [-0.2, 0) is 16.6 Å². The predicted octanol–water partition coefficient (Wildman–Crippen LogP) is 10.7. The Balaban J connectivity index is 1.37. The Kier molecular flexibility index (Phi) is 13.6. The zero-order valence-electron chi connectivity index (χ0n) is 28.4. The van der Waals surface area contributed by atoms with Crippen molar-refractivity contribution in [1.29, 1.82) is 0 Å². The fraction of sp³-hybridized carbons (Fsp3) is 0.605. The monoisotopic (exact) mass is 623 g/mol. The first-order valence-electron chi connectivity index (χ1n) is 18.9. The van der Waals surface area contributed by atoms with Gasteiger partial charge in [0.2, 0.25) is 0 Å². The number of aliphatic carboxylic acids is 1. The third-order valence-electron chi connectivity index (χ3n) is 12.2. The lowest BCUT2D eigenvalue weighted by Gasteiger charge is -2.51. The molecule has 2 aromatic carbocycles. The van der Waals surface area contributed by atoms with E-state index in [-0.39, 0.29) is 23.7 Å². The fourth-order valence-corrected chi connectivity index (χ4v) is 9.79. The first-order chi connectivity index (χ1) is 22.6. The number of hydrogen-bond acceptors (Lipinski definition) is 2. The molecule has 2 saturated carbocycles. The van der Waals surface area contributed by atoms with Gasteiger partial charge in [0.1, 0.15) is 0 Å². The zero-order chi connectivity index (χ0) is 32.0. The Morgan fingerprint density at radius 3 is 2.24 bits per heavy atom. The first-order valence-corrected chi connectivity index (χ1v) is 18.9. The molecule has 2 fully saturated rings. The molecule has 3 heteroatoms. The minimum absolute atomic E-state index is 0.0156. The van der Waals surface area contributed by atoms with Gasteiger partial charge in [0, 0.05) is 11.8 Å². The quantitative estimate of drug-likeness (QED) is 0.183. The first kappa shape index (κ1) is 34.7. The van der Waals surface area contributed by atoms with E-state index in [0.29, 0.717) is 24.3 Å². The van der Waals surface area contributed by atoms with Crippen LogP contribution in [0.3, 0.4) is 0 Å². The number of allylic oxidation sites excluding steroid dienone is 4. The number of carboxylic acids is 1. The van der Waals surface area contributed by atoms with Crippen LogP contribution in [0.15, 0.2) is 85.0 Å². The summed E-state index contributed by atoms with van der Waals surface area (Å²) in [5, 5.41) is 10.3. The molecule has 3 aliphatic carbocycles. The topological polar surface area (TPSA) is 63.3 Å². The minimum Gasteiger partial charge on any atom is -0.481 e. The van der Waals surface area contributed by atoms with Crippen molar-refractivity contribution in [2.45, 2.75) is 121 Å². The Morgan fingerprint density at radius 2 is 1.54 bits per heavy atom. The summed E-state index contributed by atoms with van der Waals surface area (Å²) >= 11 is 0. The van der Waals surface area contributed by atoms with Gasteiger partial charge in [-0.25, -0.2) is 0 Å². The molecular formula is C43H61NO2. The van der Waals surface area contributed by atoms with Crippen LogP contribution in [0.2, 0.25) is 0 Å². The molecule has 3 aliphatic rings. The number of aryl methyl sites for hydroxylation is 1. The van der Waals surface area contributed by atoms with Crippen molar-refractivity contribution in [3.63, 3.8) is 0 Å². The number of hydrogen-bond donors (Lipinski definition) is 2. The molecule has 5 atom stereocenters. The van der Waals surface area contributed by atoms with Crippen LogP contribution in [0.1, 0.15) is 120 Å². The van der Waals surface area contributed by atoms with Gasteiger partial charge in [-0.1, -0.05) is 136 Å². The van der Waals surface area contributed by atoms with Crippen LogP contribution in [-0.4, -0.2) is 17.6 Å². The zero-order valence-corrected chi connectivity index (χ0v) is 28.4. The molecule has 5 rings (SSSR count). The van der Waals surface area contributed by atoms with Gasteiger partial charge >= 0.3 is 5.97 Å². The summed E-state index contributed by atoms with van der Waals surface area (Å²) in [6, 6.07) is 22.0. The second-order valence-corrected chi connectivity index (χ2v) is 15.1. The molecule has 5 unspecified atom stereocenters. The highest BCUT2D eigenvalue weighted by Crippen LogP contribution is 2.54. The fourth-order valence-electron chi connectivity index (χ4n) is 9.79. The lowest BCUT2D eigenvalue weighted by atomic mass is 9.53. The Hall–Kier alpha value is -2.65. The van der Waals surface area contributed by atoms with E-state index in [2.05, 4.69) is 85.0 Å². The smallest absolute Gasteiger partial charge is 0.303 e. The third-order valence-corrected chi connectivity index (χ3v) is 12.2. The highest BCUT2D eigenvalue weighted by molar-refractivity contribution is 5.67. The maximum Gasteiger partial charge on any atom is 0.303 e. The number of benzene rings is 2. The third kappa shape index (κ3) is 9.46. The van der Waals surface area contributed by atoms with E-state index in [1.807, 2.05) is 0 Å². The summed E-state index contributed by atoms with van der Waals surface area (Å²) in [5.41, 5.74) is 9.18. The Labute approximate surface area is 280 Å². The van der Waals surface area contributed by atoms with Crippen LogP contribution in [0.5, 0.6) is 0 Å². The molecule has 0 radical (unpaired) electrons. The van der Waals surface area contributed by atoms with Gasteiger partial charge in [0.15, 0.2) is 0 Å². The number of carboxylic acid groups (broad SMARTS) is 1. The van der Waals surface area contributed by atoms with E-state index in [1.54, 1.807) is 0 Å². The van der Waals surface area contributed by atoms with Crippen molar-refractivity contribution in [2.24, 2.45) is 41.2 Å². The molecule has 46 heavy (non-hydrogen) atoms. The van der Waals surface area contributed by atoms with Crippen LogP contribution in [0.25, 0.3) is 0 Å². The van der Waals surface area contributed by atoms with Crippen LogP contribution in [0.4, 0.5) is 0 Å². The average molecular weight is 624 g/mol. The molecule has 0 spiro atoms. The molecular weight excluding hydrogens is 562 g/mol. The predicted molar refractivity (Wildman–Crippen MR) is 193 cm³/mol. The van der Waals surface area contributed by atoms with Gasteiger partial charge in [-0.2, -0.15) is 0 Å². The van der Waals surface area contributed by atoms with Gasteiger partial charge in [0.25, 0.3) is 0 Å².